The Labute approximate surface area is 119 Å². The second kappa shape index (κ2) is 5.45. The fraction of sp³-hybridized carbons (Fsp3) is 0.294. The van der Waals surface area contributed by atoms with Gasteiger partial charge in [0.2, 0.25) is 0 Å². The second-order valence-electron chi connectivity index (χ2n) is 5.06. The summed E-state index contributed by atoms with van der Waals surface area (Å²) >= 11 is 0. The smallest absolute Gasteiger partial charge is 0.160 e. The molecule has 0 fully saturated rings. The van der Waals surface area contributed by atoms with Crippen LogP contribution in [-0.2, 0) is 6.42 Å². The van der Waals surface area contributed by atoms with Gasteiger partial charge in [0.05, 0.1) is 14.2 Å². The van der Waals surface area contributed by atoms with E-state index in [1.54, 1.807) is 14.2 Å². The third-order valence-corrected chi connectivity index (χ3v) is 3.87. The summed E-state index contributed by atoms with van der Waals surface area (Å²) in [6.45, 7) is 0.994. The van der Waals surface area contributed by atoms with Gasteiger partial charge in [0.1, 0.15) is 0 Å². The molecule has 0 aliphatic carbocycles. The zero-order valence-corrected chi connectivity index (χ0v) is 11.8. The summed E-state index contributed by atoms with van der Waals surface area (Å²) in [5.74, 6) is 2.09. The Hall–Kier alpha value is -2.16. The van der Waals surface area contributed by atoms with Crippen molar-refractivity contribution in [3.8, 4) is 11.5 Å². The molecule has 3 nitrogen and oxygen atoms in total. The van der Waals surface area contributed by atoms with Gasteiger partial charge < -0.3 is 14.8 Å². The van der Waals surface area contributed by atoms with E-state index in [1.807, 2.05) is 6.07 Å². The first-order valence-electron chi connectivity index (χ1n) is 6.85. The van der Waals surface area contributed by atoms with Crippen LogP contribution in [0.5, 0.6) is 11.5 Å². The van der Waals surface area contributed by atoms with E-state index >= 15 is 0 Å². The highest BCUT2D eigenvalue weighted by atomic mass is 16.5. The van der Waals surface area contributed by atoms with Crippen LogP contribution in [0.3, 0.4) is 0 Å². The fourth-order valence-corrected chi connectivity index (χ4v) is 2.83. The number of fused-ring (bicyclic) bond motifs is 1. The lowest BCUT2D eigenvalue weighted by molar-refractivity contribution is 0.354. The second-order valence-corrected chi connectivity index (χ2v) is 5.06. The molecule has 0 aromatic heterocycles. The van der Waals surface area contributed by atoms with Gasteiger partial charge in [-0.2, -0.15) is 0 Å². The van der Waals surface area contributed by atoms with Crippen LogP contribution < -0.4 is 14.8 Å². The van der Waals surface area contributed by atoms with Crippen molar-refractivity contribution in [1.82, 2.24) is 0 Å². The molecule has 20 heavy (non-hydrogen) atoms. The number of methoxy groups -OCH3 is 2. The largest absolute Gasteiger partial charge is 0.493 e. The van der Waals surface area contributed by atoms with Crippen molar-refractivity contribution in [2.45, 2.75) is 12.3 Å². The maximum absolute atomic E-state index is 5.37. The molecule has 1 N–H and O–H groups in total. The minimum atomic E-state index is 0.518. The Balaban J connectivity index is 1.82. The third-order valence-electron chi connectivity index (χ3n) is 3.87. The average Bonchev–Trinajstić information content (AvgIpc) is 2.90. The molecule has 0 saturated heterocycles. The Morgan fingerprint density at radius 2 is 1.85 bits per heavy atom. The van der Waals surface area contributed by atoms with Crippen LogP contribution in [0.2, 0.25) is 0 Å². The van der Waals surface area contributed by atoms with Crippen molar-refractivity contribution >= 4 is 5.69 Å². The molecule has 2 aromatic rings. The first kappa shape index (κ1) is 12.9. The summed E-state index contributed by atoms with van der Waals surface area (Å²) in [4.78, 5) is 0. The molecular weight excluding hydrogens is 250 g/mol. The van der Waals surface area contributed by atoms with Gasteiger partial charge in [-0.15, -0.1) is 0 Å². The van der Waals surface area contributed by atoms with Crippen LogP contribution in [0.15, 0.2) is 42.5 Å². The summed E-state index contributed by atoms with van der Waals surface area (Å²) in [5.41, 5.74) is 3.94. The molecule has 3 heteroatoms. The normalized spacial score (nSPS) is 16.4. The van der Waals surface area contributed by atoms with Crippen molar-refractivity contribution in [1.29, 1.82) is 0 Å². The van der Waals surface area contributed by atoms with Gasteiger partial charge in [0.15, 0.2) is 11.5 Å². The summed E-state index contributed by atoms with van der Waals surface area (Å²) in [5, 5.41) is 3.47. The highest BCUT2D eigenvalue weighted by Gasteiger charge is 2.22. The predicted octanol–water partition coefficient (Wildman–Crippen LogP) is 3.46. The van der Waals surface area contributed by atoms with E-state index < -0.39 is 0 Å². The van der Waals surface area contributed by atoms with Gasteiger partial charge in [-0.05, 0) is 35.7 Å². The van der Waals surface area contributed by atoms with Gasteiger partial charge in [-0.1, -0.05) is 24.3 Å². The maximum Gasteiger partial charge on any atom is 0.160 e. The fourth-order valence-electron chi connectivity index (χ4n) is 2.83. The zero-order chi connectivity index (χ0) is 13.9. The first-order chi connectivity index (χ1) is 9.81. The van der Waals surface area contributed by atoms with Crippen LogP contribution in [0.25, 0.3) is 0 Å². The minimum absolute atomic E-state index is 0.518. The molecule has 1 aliphatic heterocycles. The average molecular weight is 269 g/mol. The number of rotatable bonds is 4. The van der Waals surface area contributed by atoms with E-state index in [-0.39, 0.29) is 0 Å². The van der Waals surface area contributed by atoms with Crippen LogP contribution in [0, 0.1) is 0 Å². The molecule has 3 rings (SSSR count). The molecule has 1 heterocycles. The van der Waals surface area contributed by atoms with E-state index in [0.29, 0.717) is 5.92 Å². The minimum Gasteiger partial charge on any atom is -0.493 e. The highest BCUT2D eigenvalue weighted by Crippen LogP contribution is 2.35. The molecule has 0 spiro atoms. The Morgan fingerprint density at radius 1 is 1.05 bits per heavy atom. The molecule has 104 valence electrons. The molecule has 1 unspecified atom stereocenters. The lowest BCUT2D eigenvalue weighted by atomic mass is 9.93. The molecule has 0 amide bonds. The monoisotopic (exact) mass is 269 g/mol. The van der Waals surface area contributed by atoms with Crippen LogP contribution in [0.1, 0.15) is 17.0 Å². The van der Waals surface area contributed by atoms with Gasteiger partial charge in [-0.25, -0.2) is 0 Å². The van der Waals surface area contributed by atoms with Gasteiger partial charge in [0.25, 0.3) is 0 Å². The molecule has 1 aliphatic rings. The van der Waals surface area contributed by atoms with Crippen molar-refractivity contribution in [3.63, 3.8) is 0 Å². The number of hydrogen-bond acceptors (Lipinski definition) is 3. The van der Waals surface area contributed by atoms with Gasteiger partial charge in [0, 0.05) is 18.2 Å². The first-order valence-corrected chi connectivity index (χ1v) is 6.85. The molecule has 0 radical (unpaired) electrons. The van der Waals surface area contributed by atoms with Crippen molar-refractivity contribution in [3.05, 3.63) is 53.6 Å². The Bertz CT molecular complexity index is 610. The topological polar surface area (TPSA) is 30.5 Å². The SMILES string of the molecule is COc1ccc(CC2CNc3ccccc32)cc1OC. The number of benzene rings is 2. The number of anilines is 1. The van der Waals surface area contributed by atoms with E-state index in [9.17, 15) is 0 Å². The molecular formula is C17H19NO2. The number of hydrogen-bond donors (Lipinski definition) is 1. The molecule has 1 atom stereocenters. The van der Waals surface area contributed by atoms with Crippen LogP contribution in [0.4, 0.5) is 5.69 Å². The Morgan fingerprint density at radius 3 is 2.65 bits per heavy atom. The molecule has 2 aromatic carbocycles. The molecule has 0 bridgehead atoms. The van der Waals surface area contributed by atoms with Crippen molar-refractivity contribution in [2.75, 3.05) is 26.1 Å². The third kappa shape index (κ3) is 2.31. The van der Waals surface area contributed by atoms with Gasteiger partial charge >= 0.3 is 0 Å². The van der Waals surface area contributed by atoms with E-state index in [2.05, 4.69) is 41.7 Å². The van der Waals surface area contributed by atoms with E-state index in [4.69, 9.17) is 9.47 Å². The lowest BCUT2D eigenvalue weighted by Gasteiger charge is -2.13. The zero-order valence-electron chi connectivity index (χ0n) is 11.8. The summed E-state index contributed by atoms with van der Waals surface area (Å²) in [7, 11) is 3.34. The summed E-state index contributed by atoms with van der Waals surface area (Å²) in [6.07, 6.45) is 1.00. The van der Waals surface area contributed by atoms with Crippen molar-refractivity contribution in [2.24, 2.45) is 0 Å². The van der Waals surface area contributed by atoms with Gasteiger partial charge in [-0.3, -0.25) is 0 Å². The number of para-hydroxylation sites is 1. The van der Waals surface area contributed by atoms with Crippen LogP contribution in [-0.4, -0.2) is 20.8 Å². The number of ether oxygens (including phenoxy) is 2. The predicted molar refractivity (Wildman–Crippen MR) is 80.9 cm³/mol. The Kier molecular flexibility index (Phi) is 3.50. The van der Waals surface area contributed by atoms with Crippen LogP contribution >= 0.6 is 0 Å². The molecule has 0 saturated carbocycles. The lowest BCUT2D eigenvalue weighted by Crippen LogP contribution is -2.05. The highest BCUT2D eigenvalue weighted by molar-refractivity contribution is 5.58. The number of nitrogens with one attached hydrogen (secondary N) is 1. The van der Waals surface area contributed by atoms with E-state index in [1.165, 1.54) is 16.8 Å². The maximum atomic E-state index is 5.37. The standard InChI is InChI=1S/C17H19NO2/c1-19-16-8-7-12(10-17(16)20-2)9-13-11-18-15-6-4-3-5-14(13)15/h3-8,10,13,18H,9,11H2,1-2H3. The summed E-state index contributed by atoms with van der Waals surface area (Å²) in [6, 6.07) is 14.7. The summed E-state index contributed by atoms with van der Waals surface area (Å²) < 4.78 is 10.7. The quantitative estimate of drug-likeness (QED) is 0.922. The van der Waals surface area contributed by atoms with E-state index in [0.717, 1.165) is 24.5 Å². The van der Waals surface area contributed by atoms with Crippen molar-refractivity contribution < 1.29 is 9.47 Å².